The molecule has 0 bridgehead atoms. The summed E-state index contributed by atoms with van der Waals surface area (Å²) in [6, 6.07) is 0. The van der Waals surface area contributed by atoms with Gasteiger partial charge in [-0.05, 0) is 5.92 Å². The Morgan fingerprint density at radius 3 is 1.20 bits per heavy atom. The smallest absolute Gasteiger partial charge is 0.00444 e. The number of rotatable bonds is 6. The van der Waals surface area contributed by atoms with Crippen LogP contribution in [0.25, 0.3) is 0 Å². The van der Waals surface area contributed by atoms with Gasteiger partial charge in [0.1, 0.15) is 0 Å². The first-order valence-electron chi connectivity index (χ1n) is 13.8. The van der Waals surface area contributed by atoms with E-state index in [-0.39, 0.29) is 17.1 Å². The monoisotopic (exact) mass is 554 g/mol. The third-order valence-corrected chi connectivity index (χ3v) is 12.0. The molecule has 0 heterocycles. The summed E-state index contributed by atoms with van der Waals surface area (Å²) in [4.78, 5) is 0. The Morgan fingerprint density at radius 2 is 1.00 bits per heavy atom. The van der Waals surface area contributed by atoms with Crippen LogP contribution >= 0.6 is 0 Å². The van der Waals surface area contributed by atoms with E-state index in [2.05, 4.69) is 122 Å². The SMILES string of the molecule is C[c-]1[c-](C(C)C)[c-](C(C)C)[c-](C)[c-]1[Si](C)(C)C.Cc1c([Si](C)(C)C)c(C)[c-](C(C)C)c1C(C)C.[Fe]. The Kier molecular flexibility index (Phi) is 12.3. The minimum absolute atomic E-state index is 0. The number of hydrogen-bond donors (Lipinski definition) is 0. The van der Waals surface area contributed by atoms with Gasteiger partial charge in [0.2, 0.25) is 0 Å². The van der Waals surface area contributed by atoms with E-state index >= 15 is 0 Å². The second kappa shape index (κ2) is 12.5. The molecule has 2 aromatic carbocycles. The molecule has 0 saturated carbocycles. The van der Waals surface area contributed by atoms with Gasteiger partial charge in [-0.2, -0.15) is 21.9 Å². The van der Waals surface area contributed by atoms with Gasteiger partial charge in [-0.25, -0.2) is 25.7 Å². The Morgan fingerprint density at radius 1 is 0.629 bits per heavy atom. The van der Waals surface area contributed by atoms with Crippen molar-refractivity contribution in [2.24, 2.45) is 0 Å². The summed E-state index contributed by atoms with van der Waals surface area (Å²) >= 11 is 0. The van der Waals surface area contributed by atoms with E-state index in [0.29, 0.717) is 23.7 Å². The van der Waals surface area contributed by atoms with Crippen molar-refractivity contribution in [3.05, 3.63) is 44.5 Å². The van der Waals surface area contributed by atoms with Crippen LogP contribution in [-0.2, 0) is 17.1 Å². The normalized spacial score (nSPS) is 12.5. The summed E-state index contributed by atoms with van der Waals surface area (Å²) in [5, 5.41) is 3.43. The van der Waals surface area contributed by atoms with Crippen molar-refractivity contribution in [2.75, 3.05) is 0 Å². The molecule has 35 heavy (non-hydrogen) atoms. The van der Waals surface area contributed by atoms with Gasteiger partial charge in [-0.1, -0.05) is 114 Å². The van der Waals surface area contributed by atoms with Gasteiger partial charge in [-0.3, -0.25) is 0 Å². The molecule has 0 unspecified atom stereocenters. The fourth-order valence-electron chi connectivity index (χ4n) is 7.14. The van der Waals surface area contributed by atoms with Gasteiger partial charge in [0, 0.05) is 25.1 Å². The molecule has 3 heteroatoms. The van der Waals surface area contributed by atoms with Crippen LogP contribution in [0.3, 0.4) is 0 Å². The van der Waals surface area contributed by atoms with Crippen molar-refractivity contribution in [3.63, 3.8) is 0 Å². The zero-order valence-corrected chi connectivity index (χ0v) is 29.8. The maximum atomic E-state index is 2.47. The molecule has 0 saturated heterocycles. The molecular formula is C32H58FeSi2-6. The third-order valence-electron chi connectivity index (χ3n) is 7.51. The summed E-state index contributed by atoms with van der Waals surface area (Å²) in [5.41, 5.74) is 12.9. The molecule has 0 nitrogen and oxygen atoms in total. The zero-order chi connectivity index (χ0) is 27.1. The molecule has 0 aliphatic rings. The summed E-state index contributed by atoms with van der Waals surface area (Å²) in [6.45, 7) is 42.9. The fourth-order valence-corrected chi connectivity index (χ4v) is 12.2. The van der Waals surface area contributed by atoms with Crippen molar-refractivity contribution >= 4 is 26.5 Å². The first-order chi connectivity index (χ1) is 15.2. The molecule has 0 amide bonds. The first kappa shape index (κ1) is 34.7. The summed E-state index contributed by atoms with van der Waals surface area (Å²) < 4.78 is 0. The van der Waals surface area contributed by atoms with Crippen LogP contribution < -0.4 is 10.4 Å². The van der Waals surface area contributed by atoms with E-state index in [0.717, 1.165) is 0 Å². The second-order valence-corrected chi connectivity index (χ2v) is 24.0. The minimum Gasteiger partial charge on any atom is -0.732 e. The van der Waals surface area contributed by atoms with Gasteiger partial charge in [-0.15, -0.1) is 13.6 Å². The maximum absolute atomic E-state index is 2.47. The molecular weight excluding hydrogens is 496 g/mol. The summed E-state index contributed by atoms with van der Waals surface area (Å²) in [5.74, 6) is 2.60. The molecule has 0 spiro atoms. The Bertz CT molecular complexity index is 824. The van der Waals surface area contributed by atoms with E-state index in [9.17, 15) is 0 Å². The molecule has 208 valence electrons. The first-order valence-corrected chi connectivity index (χ1v) is 20.8. The van der Waals surface area contributed by atoms with Crippen LogP contribution in [0, 0.1) is 27.7 Å². The van der Waals surface area contributed by atoms with Crippen LogP contribution in [0.5, 0.6) is 0 Å². The van der Waals surface area contributed by atoms with Crippen molar-refractivity contribution in [1.29, 1.82) is 0 Å². The number of hydrogen-bond acceptors (Lipinski definition) is 0. The quantitative estimate of drug-likeness (QED) is 0.246. The van der Waals surface area contributed by atoms with Crippen molar-refractivity contribution in [2.45, 2.75) is 146 Å². The molecule has 0 aliphatic heterocycles. The standard InChI is InChI=1S/2C16H29Si.Fe/c2*1-10(2)14-12(5)16(17(7,8)9)13(6)15(14)11(3)4;/h2*10-11H,1-9H3;/q-5;-1;. The molecule has 2 aromatic rings. The van der Waals surface area contributed by atoms with E-state index in [1.807, 2.05) is 0 Å². The molecule has 2 rings (SSSR count). The summed E-state index contributed by atoms with van der Waals surface area (Å²) in [7, 11) is -2.45. The molecule has 0 radical (unpaired) electrons. The molecule has 0 atom stereocenters. The second-order valence-electron chi connectivity index (χ2n) is 14.0. The molecule has 0 aromatic heterocycles. The third kappa shape index (κ3) is 7.37. The fraction of sp³-hybridized carbons (Fsp3) is 0.688. The Hall–Kier alpha value is -0.347. The van der Waals surface area contributed by atoms with Crippen molar-refractivity contribution in [3.8, 4) is 0 Å². The molecule has 0 aliphatic carbocycles. The minimum atomic E-state index is -1.22. The maximum Gasteiger partial charge on any atom is 0.00444 e. The van der Waals surface area contributed by atoms with Crippen molar-refractivity contribution in [1.82, 2.24) is 0 Å². The van der Waals surface area contributed by atoms with Crippen LogP contribution in [0.1, 0.15) is 124 Å². The van der Waals surface area contributed by atoms with Crippen LogP contribution in [0.15, 0.2) is 0 Å². The predicted octanol–water partition coefficient (Wildman–Crippen LogP) is 9.63. The zero-order valence-electron chi connectivity index (χ0n) is 26.7. The molecule has 0 fully saturated rings. The van der Waals surface area contributed by atoms with Gasteiger partial charge < -0.3 is 27.4 Å². The topological polar surface area (TPSA) is 0 Å². The van der Waals surface area contributed by atoms with Crippen LogP contribution in [-0.4, -0.2) is 16.1 Å². The van der Waals surface area contributed by atoms with Gasteiger partial charge >= 0.3 is 0 Å². The van der Waals surface area contributed by atoms with Crippen LogP contribution in [0.2, 0.25) is 39.3 Å². The average molecular weight is 555 g/mol. The van der Waals surface area contributed by atoms with E-state index in [4.69, 9.17) is 0 Å². The van der Waals surface area contributed by atoms with E-state index in [1.165, 1.54) is 0 Å². The Labute approximate surface area is 233 Å². The average Bonchev–Trinajstić information content (AvgIpc) is 3.04. The molecule has 0 N–H and O–H groups in total. The van der Waals surface area contributed by atoms with E-state index in [1.54, 1.807) is 54.9 Å². The predicted molar refractivity (Wildman–Crippen MR) is 165 cm³/mol. The van der Waals surface area contributed by atoms with Crippen LogP contribution in [0.4, 0.5) is 0 Å². The Balaban J connectivity index is 0.000000642. The van der Waals surface area contributed by atoms with Gasteiger partial charge in [0.15, 0.2) is 0 Å². The largest absolute Gasteiger partial charge is 0.732 e. The summed E-state index contributed by atoms with van der Waals surface area (Å²) in [6.07, 6.45) is 0. The van der Waals surface area contributed by atoms with Gasteiger partial charge in [0.25, 0.3) is 0 Å². The van der Waals surface area contributed by atoms with E-state index < -0.39 is 16.1 Å². The van der Waals surface area contributed by atoms with Crippen molar-refractivity contribution < 1.29 is 17.1 Å². The van der Waals surface area contributed by atoms with Gasteiger partial charge in [0.05, 0.1) is 0 Å².